The molecular formula is C17H15ClN2O3S2. The van der Waals surface area contributed by atoms with Crippen LogP contribution in [-0.2, 0) is 21.7 Å². The number of amides is 1. The van der Waals surface area contributed by atoms with Crippen molar-refractivity contribution < 1.29 is 13.2 Å². The van der Waals surface area contributed by atoms with E-state index in [1.165, 1.54) is 23.5 Å². The fraction of sp³-hybridized carbons (Fsp3) is 0.176. The number of aromatic nitrogens is 1. The van der Waals surface area contributed by atoms with Gasteiger partial charge in [0.25, 0.3) is 0 Å². The maximum atomic E-state index is 12.2. The second-order valence-corrected chi connectivity index (χ2v) is 8.94. The van der Waals surface area contributed by atoms with Crippen LogP contribution in [0.3, 0.4) is 0 Å². The lowest BCUT2D eigenvalue weighted by Crippen LogP contribution is -2.16. The molecule has 5 nitrogen and oxygen atoms in total. The Bertz CT molecular complexity index is 1100. The number of hydrogen-bond donors (Lipinski definition) is 0. The molecule has 0 spiro atoms. The van der Waals surface area contributed by atoms with Crippen LogP contribution in [0.5, 0.6) is 0 Å². The molecule has 130 valence electrons. The van der Waals surface area contributed by atoms with Gasteiger partial charge < -0.3 is 4.57 Å². The van der Waals surface area contributed by atoms with Crippen LogP contribution in [0, 0.1) is 0 Å². The number of aryl methyl sites for hydroxylation is 1. The van der Waals surface area contributed by atoms with Gasteiger partial charge in [-0.25, -0.2) is 8.42 Å². The molecule has 1 amide bonds. The minimum absolute atomic E-state index is 0.167. The van der Waals surface area contributed by atoms with E-state index in [9.17, 15) is 13.2 Å². The van der Waals surface area contributed by atoms with Crippen molar-refractivity contribution in [3.05, 3.63) is 58.4 Å². The predicted molar refractivity (Wildman–Crippen MR) is 99.5 cm³/mol. The summed E-state index contributed by atoms with van der Waals surface area (Å²) in [6.45, 7) is 0. The van der Waals surface area contributed by atoms with E-state index in [-0.39, 0.29) is 17.1 Å². The van der Waals surface area contributed by atoms with E-state index >= 15 is 0 Å². The highest BCUT2D eigenvalue weighted by molar-refractivity contribution is 7.91. The Balaban J connectivity index is 1.82. The molecule has 0 saturated heterocycles. The lowest BCUT2D eigenvalue weighted by atomic mass is 10.3. The molecule has 0 aliphatic heterocycles. The maximum absolute atomic E-state index is 12.2. The van der Waals surface area contributed by atoms with E-state index in [2.05, 4.69) is 4.99 Å². The summed E-state index contributed by atoms with van der Waals surface area (Å²) in [6, 6.07) is 13.6. The topological polar surface area (TPSA) is 68.5 Å². The number of thiazole rings is 1. The zero-order chi connectivity index (χ0) is 18.0. The van der Waals surface area contributed by atoms with Gasteiger partial charge in [-0.05, 0) is 24.3 Å². The number of halogens is 1. The molecule has 0 bridgehead atoms. The maximum Gasteiger partial charge on any atom is 0.249 e. The van der Waals surface area contributed by atoms with Crippen LogP contribution < -0.4 is 4.80 Å². The molecule has 2 aromatic carbocycles. The zero-order valence-electron chi connectivity index (χ0n) is 13.3. The van der Waals surface area contributed by atoms with Crippen LogP contribution in [0.2, 0.25) is 5.02 Å². The largest absolute Gasteiger partial charge is 0.318 e. The fourth-order valence-electron chi connectivity index (χ4n) is 2.39. The van der Waals surface area contributed by atoms with Crippen molar-refractivity contribution >= 4 is 48.9 Å². The van der Waals surface area contributed by atoms with Crippen molar-refractivity contribution in [2.24, 2.45) is 12.0 Å². The van der Waals surface area contributed by atoms with E-state index in [0.717, 1.165) is 10.2 Å². The Hall–Kier alpha value is -1.96. The molecule has 25 heavy (non-hydrogen) atoms. The molecular weight excluding hydrogens is 380 g/mol. The van der Waals surface area contributed by atoms with Gasteiger partial charge in [0.2, 0.25) is 5.91 Å². The van der Waals surface area contributed by atoms with Crippen molar-refractivity contribution in [3.8, 4) is 0 Å². The van der Waals surface area contributed by atoms with Gasteiger partial charge in [-0.1, -0.05) is 47.2 Å². The first-order valence-electron chi connectivity index (χ1n) is 7.48. The number of fused-ring (bicyclic) bond motifs is 1. The number of carbonyl (C=O) groups is 1. The Kier molecular flexibility index (Phi) is 5.08. The molecule has 0 unspecified atom stereocenters. The highest BCUT2D eigenvalue weighted by Crippen LogP contribution is 2.24. The Morgan fingerprint density at radius 3 is 2.56 bits per heavy atom. The summed E-state index contributed by atoms with van der Waals surface area (Å²) in [7, 11) is -1.72. The molecule has 0 aliphatic carbocycles. The molecule has 3 aromatic rings. The average molecular weight is 395 g/mol. The van der Waals surface area contributed by atoms with Crippen molar-refractivity contribution in [2.45, 2.75) is 11.3 Å². The molecule has 0 atom stereocenters. The quantitative estimate of drug-likeness (QED) is 0.682. The predicted octanol–water partition coefficient (Wildman–Crippen LogP) is 3.18. The van der Waals surface area contributed by atoms with Gasteiger partial charge >= 0.3 is 0 Å². The van der Waals surface area contributed by atoms with Gasteiger partial charge in [0.15, 0.2) is 14.6 Å². The third-order valence-electron chi connectivity index (χ3n) is 3.68. The summed E-state index contributed by atoms with van der Waals surface area (Å²) in [5, 5.41) is 0.580. The first-order chi connectivity index (χ1) is 11.9. The zero-order valence-corrected chi connectivity index (χ0v) is 15.7. The molecule has 3 rings (SSSR count). The van der Waals surface area contributed by atoms with Crippen LogP contribution in [0.4, 0.5) is 0 Å². The number of carbonyl (C=O) groups excluding carboxylic acids is 1. The van der Waals surface area contributed by atoms with Crippen LogP contribution in [0.25, 0.3) is 10.2 Å². The van der Waals surface area contributed by atoms with Crippen LogP contribution in [0.15, 0.2) is 58.4 Å². The Labute approximate surface area is 154 Å². The highest BCUT2D eigenvalue weighted by atomic mass is 35.5. The smallest absolute Gasteiger partial charge is 0.249 e. The van der Waals surface area contributed by atoms with E-state index < -0.39 is 15.7 Å². The first-order valence-corrected chi connectivity index (χ1v) is 10.3. The summed E-state index contributed by atoms with van der Waals surface area (Å²) in [6.07, 6.45) is -0.167. The molecule has 1 heterocycles. The van der Waals surface area contributed by atoms with E-state index in [4.69, 9.17) is 11.6 Å². The highest BCUT2D eigenvalue weighted by Gasteiger charge is 2.16. The SMILES string of the molecule is Cn1c(=NC(=O)CCS(=O)(=O)c2ccccc2)sc2cccc(Cl)c21. The normalized spacial score (nSPS) is 12.6. The van der Waals surface area contributed by atoms with E-state index in [1.807, 2.05) is 12.1 Å². The molecule has 0 N–H and O–H groups in total. The molecule has 0 saturated carbocycles. The average Bonchev–Trinajstić information content (AvgIpc) is 2.91. The minimum atomic E-state index is -3.49. The Morgan fingerprint density at radius 1 is 1.16 bits per heavy atom. The Morgan fingerprint density at radius 2 is 1.88 bits per heavy atom. The van der Waals surface area contributed by atoms with Gasteiger partial charge in [-0.3, -0.25) is 4.79 Å². The molecule has 0 fully saturated rings. The summed E-state index contributed by atoms with van der Waals surface area (Å²) < 4.78 is 27.1. The third kappa shape index (κ3) is 3.84. The number of benzene rings is 2. The minimum Gasteiger partial charge on any atom is -0.318 e. The summed E-state index contributed by atoms with van der Waals surface area (Å²) in [5.41, 5.74) is 0.803. The standard InChI is InChI=1S/C17H15ClN2O3S2/c1-20-16-13(18)8-5-9-14(16)24-17(20)19-15(21)10-11-25(22,23)12-6-3-2-4-7-12/h2-9H,10-11H2,1H3. The van der Waals surface area contributed by atoms with Gasteiger partial charge in [-0.2, -0.15) is 4.99 Å². The van der Waals surface area contributed by atoms with Gasteiger partial charge in [0.1, 0.15) is 0 Å². The fourth-order valence-corrected chi connectivity index (χ4v) is 5.06. The van der Waals surface area contributed by atoms with Crippen molar-refractivity contribution in [1.29, 1.82) is 0 Å². The van der Waals surface area contributed by atoms with Crippen molar-refractivity contribution in [1.82, 2.24) is 4.57 Å². The van der Waals surface area contributed by atoms with Gasteiger partial charge in [0, 0.05) is 13.5 Å². The van der Waals surface area contributed by atoms with Crippen molar-refractivity contribution in [2.75, 3.05) is 5.75 Å². The summed E-state index contributed by atoms with van der Waals surface area (Å²) in [5.74, 6) is -0.743. The number of para-hydroxylation sites is 1. The molecule has 8 heteroatoms. The van der Waals surface area contributed by atoms with Crippen LogP contribution in [-0.4, -0.2) is 24.6 Å². The lowest BCUT2D eigenvalue weighted by molar-refractivity contribution is -0.117. The third-order valence-corrected chi connectivity index (χ3v) is 6.81. The van der Waals surface area contributed by atoms with E-state index in [1.54, 1.807) is 35.9 Å². The second kappa shape index (κ2) is 7.11. The van der Waals surface area contributed by atoms with Crippen LogP contribution >= 0.6 is 22.9 Å². The summed E-state index contributed by atoms with van der Waals surface area (Å²) in [4.78, 5) is 16.9. The molecule has 0 aliphatic rings. The number of sulfone groups is 1. The van der Waals surface area contributed by atoms with Gasteiger partial charge in [-0.15, -0.1) is 0 Å². The van der Waals surface area contributed by atoms with E-state index in [0.29, 0.717) is 9.82 Å². The van der Waals surface area contributed by atoms with Crippen LogP contribution in [0.1, 0.15) is 6.42 Å². The second-order valence-electron chi connectivity index (χ2n) is 5.42. The lowest BCUT2D eigenvalue weighted by Gasteiger charge is -2.02. The molecule has 0 radical (unpaired) electrons. The monoisotopic (exact) mass is 394 g/mol. The number of rotatable bonds is 4. The first kappa shape index (κ1) is 17.8. The number of hydrogen-bond acceptors (Lipinski definition) is 4. The summed E-state index contributed by atoms with van der Waals surface area (Å²) >= 11 is 7.52. The number of nitrogens with zero attached hydrogens (tertiary/aromatic N) is 2. The van der Waals surface area contributed by atoms with Crippen molar-refractivity contribution in [3.63, 3.8) is 0 Å². The molecule has 1 aromatic heterocycles. The van der Waals surface area contributed by atoms with Gasteiger partial charge in [0.05, 0.1) is 25.9 Å².